The molecule has 0 saturated heterocycles. The molecule has 1 radical (unpaired) electrons. The van der Waals surface area contributed by atoms with Gasteiger partial charge in [0.2, 0.25) is 0 Å². The molecule has 0 amide bonds. The Labute approximate surface area is 63.1 Å². The molecular formula is C9H15O. The van der Waals surface area contributed by atoms with Crippen LogP contribution in [0.15, 0.2) is 12.2 Å². The first-order chi connectivity index (χ1) is 4.93. The van der Waals surface area contributed by atoms with Crippen molar-refractivity contribution in [1.29, 1.82) is 0 Å². The van der Waals surface area contributed by atoms with E-state index in [1.807, 2.05) is 0 Å². The van der Waals surface area contributed by atoms with Gasteiger partial charge in [0.05, 0.1) is 0 Å². The minimum Gasteiger partial charge on any atom is -0.381 e. The molecule has 1 nitrogen and oxygen atoms in total. The van der Waals surface area contributed by atoms with Crippen molar-refractivity contribution in [2.75, 3.05) is 13.2 Å². The molecule has 1 atom stereocenters. The molecule has 0 aromatic carbocycles. The summed E-state index contributed by atoms with van der Waals surface area (Å²) in [4.78, 5) is 0. The van der Waals surface area contributed by atoms with Crippen LogP contribution in [0.4, 0.5) is 0 Å². The maximum Gasteiger partial charge on any atom is 0.0497 e. The third-order valence-corrected chi connectivity index (χ3v) is 1.88. The first-order valence-corrected chi connectivity index (χ1v) is 3.95. The van der Waals surface area contributed by atoms with Gasteiger partial charge in [-0.15, -0.1) is 0 Å². The lowest BCUT2D eigenvalue weighted by atomic mass is 9.95. The van der Waals surface area contributed by atoms with Crippen LogP contribution < -0.4 is 0 Å². The van der Waals surface area contributed by atoms with Gasteiger partial charge in [-0.2, -0.15) is 0 Å². The van der Waals surface area contributed by atoms with Gasteiger partial charge in [0.1, 0.15) is 0 Å². The van der Waals surface area contributed by atoms with Gasteiger partial charge in [0.15, 0.2) is 0 Å². The average molecular weight is 139 g/mol. The van der Waals surface area contributed by atoms with Gasteiger partial charge in [-0.3, -0.25) is 0 Å². The van der Waals surface area contributed by atoms with Crippen molar-refractivity contribution in [2.45, 2.75) is 19.3 Å². The maximum atomic E-state index is 5.23. The van der Waals surface area contributed by atoms with E-state index in [0.29, 0.717) is 6.61 Å². The van der Waals surface area contributed by atoms with Crippen LogP contribution in [0.5, 0.6) is 0 Å². The Bertz CT molecular complexity index is 107. The zero-order valence-corrected chi connectivity index (χ0v) is 6.38. The standard InChI is InChI=1S/C9H15O/c1-2-10-8-9-6-4-3-5-7-9/h3-4,9H,1-2,5-8H2. The maximum absolute atomic E-state index is 5.23. The van der Waals surface area contributed by atoms with Gasteiger partial charge in [-0.05, 0) is 32.1 Å². The molecule has 57 valence electrons. The predicted octanol–water partition coefficient (Wildman–Crippen LogP) is 2.19. The summed E-state index contributed by atoms with van der Waals surface area (Å²) in [5.41, 5.74) is 0. The van der Waals surface area contributed by atoms with Gasteiger partial charge in [-0.1, -0.05) is 12.2 Å². The van der Waals surface area contributed by atoms with Crippen LogP contribution in [-0.2, 0) is 4.74 Å². The molecule has 0 aliphatic heterocycles. The normalized spacial score (nSPS) is 25.1. The van der Waals surface area contributed by atoms with E-state index in [-0.39, 0.29) is 0 Å². The van der Waals surface area contributed by atoms with E-state index in [4.69, 9.17) is 4.74 Å². The summed E-state index contributed by atoms with van der Waals surface area (Å²) < 4.78 is 5.23. The van der Waals surface area contributed by atoms with E-state index in [1.54, 1.807) is 0 Å². The molecule has 0 heterocycles. The molecule has 1 aliphatic rings. The fourth-order valence-electron chi connectivity index (χ4n) is 1.26. The molecule has 0 saturated carbocycles. The van der Waals surface area contributed by atoms with Crippen LogP contribution in [0.2, 0.25) is 0 Å². The monoisotopic (exact) mass is 139 g/mol. The van der Waals surface area contributed by atoms with E-state index >= 15 is 0 Å². The molecular weight excluding hydrogens is 124 g/mol. The van der Waals surface area contributed by atoms with Crippen molar-refractivity contribution in [2.24, 2.45) is 5.92 Å². The van der Waals surface area contributed by atoms with E-state index in [0.717, 1.165) is 12.5 Å². The number of rotatable bonds is 3. The van der Waals surface area contributed by atoms with E-state index in [9.17, 15) is 0 Å². The summed E-state index contributed by atoms with van der Waals surface area (Å²) in [6.07, 6.45) is 8.21. The molecule has 0 aromatic rings. The van der Waals surface area contributed by atoms with Gasteiger partial charge in [-0.25, -0.2) is 0 Å². The van der Waals surface area contributed by atoms with E-state index < -0.39 is 0 Å². The van der Waals surface area contributed by atoms with Gasteiger partial charge < -0.3 is 4.74 Å². The molecule has 0 aromatic heterocycles. The summed E-state index contributed by atoms with van der Waals surface area (Å²) in [6, 6.07) is 0. The summed E-state index contributed by atoms with van der Waals surface area (Å²) >= 11 is 0. The summed E-state index contributed by atoms with van der Waals surface area (Å²) in [7, 11) is 0. The van der Waals surface area contributed by atoms with Crippen LogP contribution in [0.1, 0.15) is 19.3 Å². The van der Waals surface area contributed by atoms with E-state index in [2.05, 4.69) is 19.1 Å². The van der Waals surface area contributed by atoms with Crippen LogP contribution in [0.3, 0.4) is 0 Å². The third-order valence-electron chi connectivity index (χ3n) is 1.88. The largest absolute Gasteiger partial charge is 0.381 e. The third kappa shape index (κ3) is 2.53. The number of hydrogen-bond acceptors (Lipinski definition) is 1. The lowest BCUT2D eigenvalue weighted by molar-refractivity contribution is 0.117. The lowest BCUT2D eigenvalue weighted by Gasteiger charge is -2.16. The highest BCUT2D eigenvalue weighted by molar-refractivity contribution is 4.89. The van der Waals surface area contributed by atoms with Crippen molar-refractivity contribution < 1.29 is 4.74 Å². The van der Waals surface area contributed by atoms with Crippen LogP contribution in [-0.4, -0.2) is 13.2 Å². The summed E-state index contributed by atoms with van der Waals surface area (Å²) in [5, 5.41) is 0. The predicted molar refractivity (Wildman–Crippen MR) is 42.7 cm³/mol. The van der Waals surface area contributed by atoms with Crippen molar-refractivity contribution in [3.63, 3.8) is 0 Å². The van der Waals surface area contributed by atoms with Crippen molar-refractivity contribution in [1.82, 2.24) is 0 Å². The Morgan fingerprint density at radius 2 is 2.40 bits per heavy atom. The average Bonchev–Trinajstić information content (AvgIpc) is 2.03. The Morgan fingerprint density at radius 3 is 3.00 bits per heavy atom. The molecule has 10 heavy (non-hydrogen) atoms. The highest BCUT2D eigenvalue weighted by Crippen LogP contribution is 2.17. The first kappa shape index (κ1) is 7.80. The Balaban J connectivity index is 2.10. The van der Waals surface area contributed by atoms with Gasteiger partial charge in [0, 0.05) is 13.2 Å². The van der Waals surface area contributed by atoms with Crippen LogP contribution in [0.25, 0.3) is 0 Å². The highest BCUT2D eigenvalue weighted by atomic mass is 16.5. The smallest absolute Gasteiger partial charge is 0.0497 e. The highest BCUT2D eigenvalue weighted by Gasteiger charge is 2.08. The second kappa shape index (κ2) is 4.51. The van der Waals surface area contributed by atoms with Crippen molar-refractivity contribution in [3.05, 3.63) is 19.1 Å². The Morgan fingerprint density at radius 1 is 1.50 bits per heavy atom. The van der Waals surface area contributed by atoms with Crippen molar-refractivity contribution in [3.8, 4) is 0 Å². The van der Waals surface area contributed by atoms with Gasteiger partial charge >= 0.3 is 0 Å². The summed E-state index contributed by atoms with van der Waals surface area (Å²) in [6.45, 7) is 5.14. The quantitative estimate of drug-likeness (QED) is 0.545. The lowest BCUT2D eigenvalue weighted by Crippen LogP contribution is -2.10. The fourth-order valence-corrected chi connectivity index (χ4v) is 1.26. The Kier molecular flexibility index (Phi) is 3.52. The van der Waals surface area contributed by atoms with E-state index in [1.165, 1.54) is 19.3 Å². The SMILES string of the molecule is [CH2]COCC1CC=CCC1. The Hall–Kier alpha value is -0.300. The molecule has 0 fully saturated rings. The van der Waals surface area contributed by atoms with Crippen LogP contribution in [0, 0.1) is 12.8 Å². The zero-order chi connectivity index (χ0) is 7.23. The number of hydrogen-bond donors (Lipinski definition) is 0. The minimum absolute atomic E-state index is 0.611. The molecule has 1 unspecified atom stereocenters. The topological polar surface area (TPSA) is 9.23 Å². The fraction of sp³-hybridized carbons (Fsp3) is 0.667. The first-order valence-electron chi connectivity index (χ1n) is 3.95. The minimum atomic E-state index is 0.611. The molecule has 1 heteroatoms. The van der Waals surface area contributed by atoms with Crippen LogP contribution >= 0.6 is 0 Å². The zero-order valence-electron chi connectivity index (χ0n) is 6.38. The van der Waals surface area contributed by atoms with Gasteiger partial charge in [0.25, 0.3) is 0 Å². The molecule has 0 N–H and O–H groups in total. The van der Waals surface area contributed by atoms with Crippen molar-refractivity contribution >= 4 is 0 Å². The second-order valence-electron chi connectivity index (χ2n) is 2.73. The molecule has 1 rings (SSSR count). The number of ether oxygens (including phenoxy) is 1. The number of allylic oxidation sites excluding steroid dienone is 2. The molecule has 0 spiro atoms. The summed E-state index contributed by atoms with van der Waals surface area (Å²) in [5.74, 6) is 0.756. The molecule has 0 bridgehead atoms. The second-order valence-corrected chi connectivity index (χ2v) is 2.73. The molecule has 1 aliphatic carbocycles.